The predicted molar refractivity (Wildman–Crippen MR) is 95.9 cm³/mol. The van der Waals surface area contributed by atoms with Gasteiger partial charge in [-0.1, -0.05) is 47.5 Å². The molecule has 4 nitrogen and oxygen atoms in total. The fourth-order valence-electron chi connectivity index (χ4n) is 2.23. The van der Waals surface area contributed by atoms with Gasteiger partial charge in [-0.15, -0.1) is 0 Å². The summed E-state index contributed by atoms with van der Waals surface area (Å²) in [6.45, 7) is 8.17. The number of hydrazone groups is 1. The average Bonchev–Trinajstić information content (AvgIpc) is 2.52. The molecule has 0 heterocycles. The smallest absolute Gasteiger partial charge is 0.259 e. The van der Waals surface area contributed by atoms with Crippen molar-refractivity contribution in [2.24, 2.45) is 5.10 Å². The van der Waals surface area contributed by atoms with E-state index in [2.05, 4.69) is 21.9 Å². The van der Waals surface area contributed by atoms with Gasteiger partial charge in [0.25, 0.3) is 5.91 Å². The van der Waals surface area contributed by atoms with Crippen molar-refractivity contribution in [1.82, 2.24) is 5.43 Å². The molecule has 0 aromatic heterocycles. The van der Waals surface area contributed by atoms with E-state index in [0.717, 1.165) is 22.5 Å². The monoisotopic (exact) mass is 309 g/mol. The molecule has 23 heavy (non-hydrogen) atoms. The molecule has 0 radical (unpaired) electrons. The topological polar surface area (TPSA) is 53.5 Å². The first-order valence-electron chi connectivity index (χ1n) is 7.67. The van der Waals surface area contributed by atoms with Gasteiger partial charge in [0.2, 0.25) is 0 Å². The number of anilines is 1. The molecule has 2 aromatic carbocycles. The molecule has 0 saturated heterocycles. The Morgan fingerprint density at radius 1 is 1.00 bits per heavy atom. The van der Waals surface area contributed by atoms with Crippen LogP contribution < -0.4 is 10.7 Å². The van der Waals surface area contributed by atoms with Crippen LogP contribution in [0.1, 0.15) is 29.2 Å². The van der Waals surface area contributed by atoms with Gasteiger partial charge in [0, 0.05) is 5.69 Å². The Morgan fingerprint density at radius 3 is 2.30 bits per heavy atom. The zero-order chi connectivity index (χ0) is 16.8. The number of benzene rings is 2. The minimum Gasteiger partial charge on any atom is -0.376 e. The summed E-state index contributed by atoms with van der Waals surface area (Å²) in [6, 6.07) is 14.1. The van der Waals surface area contributed by atoms with Crippen LogP contribution >= 0.6 is 0 Å². The van der Waals surface area contributed by atoms with E-state index in [4.69, 9.17) is 0 Å². The lowest BCUT2D eigenvalue weighted by Gasteiger charge is -2.09. The van der Waals surface area contributed by atoms with Crippen molar-refractivity contribution < 1.29 is 4.79 Å². The number of carbonyl (C=O) groups excluding carboxylic acids is 1. The van der Waals surface area contributed by atoms with Crippen LogP contribution in [0.3, 0.4) is 0 Å². The first kappa shape index (κ1) is 16.7. The Balaban J connectivity index is 1.89. The van der Waals surface area contributed by atoms with E-state index in [1.54, 1.807) is 0 Å². The van der Waals surface area contributed by atoms with Crippen LogP contribution in [-0.4, -0.2) is 18.2 Å². The molecule has 0 fully saturated rings. The van der Waals surface area contributed by atoms with Gasteiger partial charge in [-0.05, 0) is 44.9 Å². The molecule has 0 unspecified atom stereocenters. The van der Waals surface area contributed by atoms with Crippen molar-refractivity contribution in [3.63, 3.8) is 0 Å². The first-order chi connectivity index (χ1) is 11.0. The highest BCUT2D eigenvalue weighted by atomic mass is 16.2. The fourth-order valence-corrected chi connectivity index (χ4v) is 2.23. The number of rotatable bonds is 5. The highest BCUT2D eigenvalue weighted by molar-refractivity contribution is 5.99. The number of carbonyl (C=O) groups is 1. The van der Waals surface area contributed by atoms with Crippen molar-refractivity contribution in [2.75, 3.05) is 11.9 Å². The summed E-state index contributed by atoms with van der Waals surface area (Å²) in [4.78, 5) is 11.9. The van der Waals surface area contributed by atoms with Crippen LogP contribution in [0.4, 0.5) is 5.69 Å². The van der Waals surface area contributed by atoms with Gasteiger partial charge in [-0.25, -0.2) is 5.43 Å². The summed E-state index contributed by atoms with van der Waals surface area (Å²) in [5.74, 6) is -0.170. The largest absolute Gasteiger partial charge is 0.376 e. The number of amides is 1. The first-order valence-corrected chi connectivity index (χ1v) is 7.67. The zero-order valence-electron chi connectivity index (χ0n) is 14.1. The molecule has 0 aliphatic rings. The second-order valence-corrected chi connectivity index (χ2v) is 5.77. The second kappa shape index (κ2) is 7.58. The van der Waals surface area contributed by atoms with Gasteiger partial charge in [0.1, 0.15) is 0 Å². The average molecular weight is 309 g/mol. The number of hydrogen-bond donors (Lipinski definition) is 2. The molecule has 0 bridgehead atoms. The lowest BCUT2D eigenvalue weighted by molar-refractivity contribution is -0.119. The molecule has 1 amide bonds. The maximum atomic E-state index is 11.9. The van der Waals surface area contributed by atoms with Crippen LogP contribution in [0.25, 0.3) is 0 Å². The normalized spacial score (nSPS) is 11.2. The molecular formula is C19H23N3O. The molecule has 4 heteroatoms. The molecule has 2 N–H and O–H groups in total. The number of hydrogen-bond acceptors (Lipinski definition) is 3. The van der Waals surface area contributed by atoms with Crippen molar-refractivity contribution in [3.8, 4) is 0 Å². The van der Waals surface area contributed by atoms with Crippen LogP contribution in [0.5, 0.6) is 0 Å². The van der Waals surface area contributed by atoms with E-state index >= 15 is 0 Å². The quantitative estimate of drug-likeness (QED) is 0.655. The van der Waals surface area contributed by atoms with Crippen LogP contribution in [0.15, 0.2) is 47.6 Å². The molecular weight excluding hydrogens is 286 g/mol. The van der Waals surface area contributed by atoms with Crippen molar-refractivity contribution >= 4 is 17.3 Å². The van der Waals surface area contributed by atoms with E-state index in [0.29, 0.717) is 0 Å². The third kappa shape index (κ3) is 4.95. The number of nitrogens with one attached hydrogen (secondary N) is 2. The Morgan fingerprint density at radius 2 is 1.65 bits per heavy atom. The van der Waals surface area contributed by atoms with Gasteiger partial charge in [0.15, 0.2) is 0 Å². The molecule has 120 valence electrons. The highest BCUT2D eigenvalue weighted by Crippen LogP contribution is 2.15. The van der Waals surface area contributed by atoms with E-state index < -0.39 is 0 Å². The van der Waals surface area contributed by atoms with Gasteiger partial charge in [-0.3, -0.25) is 4.79 Å². The summed E-state index contributed by atoms with van der Waals surface area (Å²) >= 11 is 0. The Bertz CT molecular complexity index is 718. The molecule has 0 spiro atoms. The van der Waals surface area contributed by atoms with Crippen LogP contribution in [-0.2, 0) is 4.79 Å². The van der Waals surface area contributed by atoms with E-state index in [9.17, 15) is 4.79 Å². The van der Waals surface area contributed by atoms with Gasteiger partial charge < -0.3 is 5.32 Å². The van der Waals surface area contributed by atoms with Gasteiger partial charge in [0.05, 0.1) is 12.3 Å². The maximum Gasteiger partial charge on any atom is 0.259 e. The predicted octanol–water partition coefficient (Wildman–Crippen LogP) is 3.56. The SMILES string of the molecule is C/C(=N/NC(=O)CNc1ccc(C)cc1C)c1ccc(C)cc1. The molecule has 0 aliphatic heterocycles. The Labute approximate surface area is 137 Å². The molecule has 0 atom stereocenters. The van der Waals surface area contributed by atoms with Gasteiger partial charge >= 0.3 is 0 Å². The molecule has 2 aromatic rings. The minimum atomic E-state index is -0.170. The molecule has 2 rings (SSSR count). The summed E-state index contributed by atoms with van der Waals surface area (Å²) in [6.07, 6.45) is 0. The van der Waals surface area contributed by atoms with Crippen LogP contribution in [0.2, 0.25) is 0 Å². The third-order valence-corrected chi connectivity index (χ3v) is 3.64. The van der Waals surface area contributed by atoms with E-state index in [1.807, 2.05) is 64.1 Å². The fraction of sp³-hybridized carbons (Fsp3) is 0.263. The summed E-state index contributed by atoms with van der Waals surface area (Å²) < 4.78 is 0. The van der Waals surface area contributed by atoms with Crippen molar-refractivity contribution in [1.29, 1.82) is 0 Å². The molecule has 0 aliphatic carbocycles. The van der Waals surface area contributed by atoms with E-state index in [-0.39, 0.29) is 12.5 Å². The zero-order valence-corrected chi connectivity index (χ0v) is 14.1. The minimum absolute atomic E-state index is 0.170. The lowest BCUT2D eigenvalue weighted by Crippen LogP contribution is -2.27. The second-order valence-electron chi connectivity index (χ2n) is 5.77. The number of nitrogens with zero attached hydrogens (tertiary/aromatic N) is 1. The third-order valence-electron chi connectivity index (χ3n) is 3.64. The van der Waals surface area contributed by atoms with Gasteiger partial charge in [-0.2, -0.15) is 5.10 Å². The number of aryl methyl sites for hydroxylation is 3. The molecule has 0 saturated carbocycles. The summed E-state index contributed by atoms with van der Waals surface area (Å²) in [5.41, 5.74) is 8.85. The Hall–Kier alpha value is -2.62. The standard InChI is InChI=1S/C19H23N3O/c1-13-5-8-17(9-6-13)16(4)21-22-19(23)12-20-18-10-7-14(2)11-15(18)3/h5-11,20H,12H2,1-4H3,(H,22,23)/b21-16-. The summed E-state index contributed by atoms with van der Waals surface area (Å²) in [5, 5.41) is 7.28. The van der Waals surface area contributed by atoms with Crippen molar-refractivity contribution in [2.45, 2.75) is 27.7 Å². The van der Waals surface area contributed by atoms with Crippen LogP contribution in [0, 0.1) is 20.8 Å². The highest BCUT2D eigenvalue weighted by Gasteiger charge is 2.03. The Kier molecular flexibility index (Phi) is 5.52. The lowest BCUT2D eigenvalue weighted by atomic mass is 10.1. The summed E-state index contributed by atoms with van der Waals surface area (Å²) in [7, 11) is 0. The van der Waals surface area contributed by atoms with E-state index in [1.165, 1.54) is 11.1 Å². The maximum absolute atomic E-state index is 11.9. The van der Waals surface area contributed by atoms with Crippen molar-refractivity contribution in [3.05, 3.63) is 64.7 Å².